The Morgan fingerprint density at radius 1 is 0.600 bits per heavy atom. The van der Waals surface area contributed by atoms with E-state index in [1.807, 2.05) is 48.5 Å². The van der Waals surface area contributed by atoms with Crippen molar-refractivity contribution in [1.29, 1.82) is 0 Å². The van der Waals surface area contributed by atoms with Crippen molar-refractivity contribution in [2.45, 2.75) is 85.3 Å². The number of aromatic nitrogens is 3. The molecular weight excluding hydrogens is 515 g/mol. The summed E-state index contributed by atoms with van der Waals surface area (Å²) in [6.07, 6.45) is 9.72. The molecule has 0 spiro atoms. The number of unbranched alkanes of at least 4 members (excludes halogenated alkanes) is 6. The normalized spacial score (nSPS) is 11.1. The van der Waals surface area contributed by atoms with Crippen molar-refractivity contribution in [3.63, 3.8) is 0 Å². The Labute approximate surface area is 228 Å². The topological polar surface area (TPSA) is 41.9 Å². The molecule has 0 saturated heterocycles. The molecule has 0 aliphatic heterocycles. The molecule has 35 heavy (non-hydrogen) atoms. The molecule has 0 atom stereocenters. The molecule has 8 heteroatoms. The maximum atomic E-state index is 6.08. The molecule has 0 amide bonds. The predicted octanol–water partition coefficient (Wildman–Crippen LogP) is 9.45. The second-order valence-electron chi connectivity index (χ2n) is 8.42. The molecule has 1 heterocycles. The van der Waals surface area contributed by atoms with Gasteiger partial charge in [-0.25, -0.2) is 0 Å². The standard InChI is InChI=1S/C27H34Cl2N4S2/c1-3-5-7-9-19-33(20-10-8-6-4-2)25-30-26(34-23-15-11-21(28)12-16-23)32-27(31-25)35-24-17-13-22(29)14-18-24/h11-18H,3-10,19-20H2,1-2H3. The van der Waals surface area contributed by atoms with Crippen LogP contribution in [0.4, 0.5) is 5.95 Å². The molecule has 1 aromatic heterocycles. The molecule has 0 radical (unpaired) electrons. The predicted molar refractivity (Wildman–Crippen MR) is 151 cm³/mol. The summed E-state index contributed by atoms with van der Waals surface area (Å²) in [4.78, 5) is 19.0. The van der Waals surface area contributed by atoms with Gasteiger partial charge in [-0.3, -0.25) is 0 Å². The van der Waals surface area contributed by atoms with E-state index < -0.39 is 0 Å². The Morgan fingerprint density at radius 2 is 1.03 bits per heavy atom. The lowest BCUT2D eigenvalue weighted by atomic mass is 10.2. The average molecular weight is 550 g/mol. The van der Waals surface area contributed by atoms with E-state index in [1.165, 1.54) is 62.0 Å². The van der Waals surface area contributed by atoms with Crippen LogP contribution in [0.15, 0.2) is 68.6 Å². The van der Waals surface area contributed by atoms with Crippen molar-refractivity contribution < 1.29 is 0 Å². The minimum atomic E-state index is 0.695. The maximum Gasteiger partial charge on any atom is 0.230 e. The molecule has 0 fully saturated rings. The largest absolute Gasteiger partial charge is 0.341 e. The number of anilines is 1. The summed E-state index contributed by atoms with van der Waals surface area (Å²) in [7, 11) is 0. The van der Waals surface area contributed by atoms with Crippen LogP contribution in [0.5, 0.6) is 0 Å². The zero-order valence-corrected chi connectivity index (χ0v) is 23.7. The molecule has 2 aromatic carbocycles. The zero-order chi connectivity index (χ0) is 24.9. The summed E-state index contributed by atoms with van der Waals surface area (Å²) < 4.78 is 0. The molecule has 4 nitrogen and oxygen atoms in total. The number of halogens is 2. The molecular formula is C27H34Cl2N4S2. The van der Waals surface area contributed by atoms with Crippen molar-refractivity contribution >= 4 is 52.7 Å². The smallest absolute Gasteiger partial charge is 0.230 e. The van der Waals surface area contributed by atoms with Crippen LogP contribution in [0.25, 0.3) is 0 Å². The van der Waals surface area contributed by atoms with Gasteiger partial charge in [0.25, 0.3) is 0 Å². The van der Waals surface area contributed by atoms with Gasteiger partial charge in [0.1, 0.15) is 0 Å². The van der Waals surface area contributed by atoms with E-state index in [4.69, 9.17) is 38.2 Å². The lowest BCUT2D eigenvalue weighted by molar-refractivity contribution is 0.593. The Balaban J connectivity index is 1.87. The van der Waals surface area contributed by atoms with Crippen LogP contribution in [0.3, 0.4) is 0 Å². The van der Waals surface area contributed by atoms with Gasteiger partial charge >= 0.3 is 0 Å². The van der Waals surface area contributed by atoms with Crippen LogP contribution in [0.1, 0.15) is 65.2 Å². The Kier molecular flexibility index (Phi) is 12.5. The maximum absolute atomic E-state index is 6.08. The minimum absolute atomic E-state index is 0.695. The van der Waals surface area contributed by atoms with E-state index in [-0.39, 0.29) is 0 Å². The molecule has 0 aliphatic carbocycles. The Hall–Kier alpha value is -1.47. The van der Waals surface area contributed by atoms with Crippen LogP contribution in [0.2, 0.25) is 10.0 Å². The monoisotopic (exact) mass is 548 g/mol. The lowest BCUT2D eigenvalue weighted by Crippen LogP contribution is -2.28. The fourth-order valence-electron chi connectivity index (χ4n) is 3.55. The molecule has 188 valence electrons. The van der Waals surface area contributed by atoms with Crippen LogP contribution >= 0.6 is 46.7 Å². The molecule has 3 rings (SSSR count). The number of benzene rings is 2. The van der Waals surface area contributed by atoms with Gasteiger partial charge in [0.05, 0.1) is 0 Å². The summed E-state index contributed by atoms with van der Waals surface area (Å²) in [6, 6.07) is 15.6. The molecule has 0 aliphatic rings. The van der Waals surface area contributed by atoms with Crippen LogP contribution in [-0.4, -0.2) is 28.0 Å². The van der Waals surface area contributed by atoms with E-state index in [9.17, 15) is 0 Å². The first-order chi connectivity index (χ1) is 17.1. The molecule has 3 aromatic rings. The molecule has 0 N–H and O–H groups in total. The highest BCUT2D eigenvalue weighted by Gasteiger charge is 2.15. The van der Waals surface area contributed by atoms with Crippen LogP contribution < -0.4 is 4.90 Å². The third-order valence-corrected chi connectivity index (χ3v) is 7.72. The van der Waals surface area contributed by atoms with Crippen molar-refractivity contribution in [2.75, 3.05) is 18.0 Å². The quantitative estimate of drug-likeness (QED) is 0.176. The van der Waals surface area contributed by atoms with E-state index in [2.05, 4.69) is 18.7 Å². The van der Waals surface area contributed by atoms with Crippen molar-refractivity contribution in [2.24, 2.45) is 0 Å². The molecule has 0 saturated carbocycles. The van der Waals surface area contributed by atoms with E-state index in [0.717, 1.165) is 51.7 Å². The number of hydrogen-bond acceptors (Lipinski definition) is 6. The van der Waals surface area contributed by atoms with E-state index >= 15 is 0 Å². The number of rotatable bonds is 15. The van der Waals surface area contributed by atoms with Gasteiger partial charge in [0, 0.05) is 32.9 Å². The van der Waals surface area contributed by atoms with Crippen molar-refractivity contribution in [3.05, 3.63) is 58.6 Å². The average Bonchev–Trinajstić information content (AvgIpc) is 2.86. The summed E-state index contributed by atoms with van der Waals surface area (Å²) in [5, 5.41) is 2.83. The fraction of sp³-hybridized carbons (Fsp3) is 0.444. The number of hydrogen-bond donors (Lipinski definition) is 0. The summed E-state index contributed by atoms with van der Waals surface area (Å²) >= 11 is 15.2. The second-order valence-corrected chi connectivity index (χ2v) is 11.4. The molecule has 0 unspecified atom stereocenters. The summed E-state index contributed by atoms with van der Waals surface area (Å²) in [6.45, 7) is 6.42. The minimum Gasteiger partial charge on any atom is -0.341 e. The highest BCUT2D eigenvalue weighted by molar-refractivity contribution is 7.99. The second kappa shape index (κ2) is 15.6. The Bertz CT molecular complexity index is 939. The van der Waals surface area contributed by atoms with Gasteiger partial charge in [-0.05, 0) is 84.9 Å². The molecule has 0 bridgehead atoms. The van der Waals surface area contributed by atoms with Gasteiger partial charge in [0.15, 0.2) is 10.3 Å². The fourth-order valence-corrected chi connectivity index (χ4v) is 5.34. The van der Waals surface area contributed by atoms with Crippen molar-refractivity contribution in [1.82, 2.24) is 15.0 Å². The van der Waals surface area contributed by atoms with Gasteiger partial charge in [0.2, 0.25) is 5.95 Å². The van der Waals surface area contributed by atoms with E-state index in [1.54, 1.807) is 0 Å². The Morgan fingerprint density at radius 3 is 1.43 bits per heavy atom. The van der Waals surface area contributed by atoms with Crippen molar-refractivity contribution in [3.8, 4) is 0 Å². The third kappa shape index (κ3) is 10.2. The highest BCUT2D eigenvalue weighted by atomic mass is 35.5. The number of nitrogens with zero attached hydrogens (tertiary/aromatic N) is 4. The first kappa shape index (κ1) is 28.1. The summed E-state index contributed by atoms with van der Waals surface area (Å²) in [5.41, 5.74) is 0. The summed E-state index contributed by atoms with van der Waals surface area (Å²) in [5.74, 6) is 0.765. The van der Waals surface area contributed by atoms with Gasteiger partial charge in [-0.15, -0.1) is 0 Å². The first-order valence-electron chi connectivity index (χ1n) is 12.4. The van der Waals surface area contributed by atoms with E-state index in [0.29, 0.717) is 10.3 Å². The van der Waals surface area contributed by atoms with Gasteiger partial charge in [-0.2, -0.15) is 15.0 Å². The van der Waals surface area contributed by atoms with Crippen LogP contribution in [-0.2, 0) is 0 Å². The SMILES string of the molecule is CCCCCCN(CCCCCC)c1nc(Sc2ccc(Cl)cc2)nc(Sc2ccc(Cl)cc2)n1. The van der Waals surface area contributed by atoms with Gasteiger partial charge in [-0.1, -0.05) is 75.6 Å². The zero-order valence-electron chi connectivity index (χ0n) is 20.6. The third-order valence-electron chi connectivity index (χ3n) is 5.47. The highest BCUT2D eigenvalue weighted by Crippen LogP contribution is 2.32. The lowest BCUT2D eigenvalue weighted by Gasteiger charge is -2.23. The van der Waals surface area contributed by atoms with Crippen LogP contribution in [0, 0.1) is 0 Å². The van der Waals surface area contributed by atoms with Gasteiger partial charge < -0.3 is 4.90 Å². The first-order valence-corrected chi connectivity index (χ1v) is 14.8.